The Morgan fingerprint density at radius 2 is 2.04 bits per heavy atom. The summed E-state index contributed by atoms with van der Waals surface area (Å²) in [5, 5.41) is 13.8. The Bertz CT molecular complexity index is 810. The molecule has 0 fully saturated rings. The zero-order valence-corrected chi connectivity index (χ0v) is 14.3. The van der Waals surface area contributed by atoms with E-state index in [-0.39, 0.29) is 17.1 Å². The number of aliphatic hydroxyl groups is 1. The Morgan fingerprint density at radius 3 is 2.52 bits per heavy atom. The SMILES string of the molecule is Cc1cnn(-c2ccc(S(=O)(=O)N(C)CC(C)(C)O)cc2F)c1. The van der Waals surface area contributed by atoms with E-state index in [0.717, 1.165) is 15.9 Å². The van der Waals surface area contributed by atoms with Crippen molar-refractivity contribution in [1.29, 1.82) is 0 Å². The van der Waals surface area contributed by atoms with Gasteiger partial charge in [0, 0.05) is 19.8 Å². The van der Waals surface area contributed by atoms with Crippen molar-refractivity contribution in [2.45, 2.75) is 31.3 Å². The summed E-state index contributed by atoms with van der Waals surface area (Å²) in [6.07, 6.45) is 3.23. The molecule has 0 saturated heterocycles. The molecular weight excluding hydrogens is 321 g/mol. The van der Waals surface area contributed by atoms with E-state index < -0.39 is 21.4 Å². The second kappa shape index (κ2) is 6.03. The predicted octanol–water partition coefficient (Wildman–Crippen LogP) is 1.71. The van der Waals surface area contributed by atoms with Crippen LogP contribution in [-0.4, -0.2) is 46.8 Å². The first kappa shape index (κ1) is 17.6. The standard InChI is InChI=1S/C15H20FN3O3S/c1-11-8-17-19(9-11)14-6-5-12(7-13(14)16)23(21,22)18(4)10-15(2,3)20/h5-9,20H,10H2,1-4H3. The maximum Gasteiger partial charge on any atom is 0.243 e. The fraction of sp³-hybridized carbons (Fsp3) is 0.400. The molecular formula is C15H20FN3O3S. The molecule has 0 aliphatic carbocycles. The summed E-state index contributed by atoms with van der Waals surface area (Å²) in [6, 6.07) is 3.65. The Morgan fingerprint density at radius 1 is 1.39 bits per heavy atom. The predicted molar refractivity (Wildman–Crippen MR) is 84.4 cm³/mol. The maximum absolute atomic E-state index is 14.3. The molecule has 0 radical (unpaired) electrons. The molecule has 0 spiro atoms. The second-order valence-corrected chi connectivity index (χ2v) is 8.19. The normalized spacial score (nSPS) is 12.8. The Hall–Kier alpha value is -1.77. The number of hydrogen-bond donors (Lipinski definition) is 1. The molecule has 2 rings (SSSR count). The van der Waals surface area contributed by atoms with Crippen molar-refractivity contribution in [1.82, 2.24) is 14.1 Å². The summed E-state index contributed by atoms with van der Waals surface area (Å²) in [7, 11) is -2.54. The molecule has 126 valence electrons. The Kier molecular flexibility index (Phi) is 4.61. The molecule has 0 aliphatic heterocycles. The molecule has 8 heteroatoms. The van der Waals surface area contributed by atoms with Gasteiger partial charge in [0.2, 0.25) is 10.0 Å². The van der Waals surface area contributed by atoms with E-state index in [1.807, 2.05) is 6.92 Å². The number of rotatable bonds is 5. The smallest absolute Gasteiger partial charge is 0.243 e. The molecule has 0 amide bonds. The minimum absolute atomic E-state index is 0.100. The van der Waals surface area contributed by atoms with Gasteiger partial charge in [-0.2, -0.15) is 9.40 Å². The first-order valence-corrected chi connectivity index (χ1v) is 8.45. The number of sulfonamides is 1. The van der Waals surface area contributed by atoms with Crippen molar-refractivity contribution in [3.05, 3.63) is 42.0 Å². The van der Waals surface area contributed by atoms with Crippen LogP contribution in [0.2, 0.25) is 0 Å². The van der Waals surface area contributed by atoms with Crippen LogP contribution in [0.5, 0.6) is 0 Å². The lowest BCUT2D eigenvalue weighted by Gasteiger charge is -2.25. The minimum atomic E-state index is -3.88. The topological polar surface area (TPSA) is 75.4 Å². The van der Waals surface area contributed by atoms with Gasteiger partial charge in [0.15, 0.2) is 0 Å². The van der Waals surface area contributed by atoms with Crippen LogP contribution in [0.25, 0.3) is 5.69 Å². The van der Waals surface area contributed by atoms with Crippen LogP contribution < -0.4 is 0 Å². The number of likely N-dealkylation sites (N-methyl/N-ethyl adjacent to an activating group) is 1. The molecule has 1 aromatic heterocycles. The number of aryl methyl sites for hydroxylation is 1. The van der Waals surface area contributed by atoms with E-state index >= 15 is 0 Å². The molecule has 0 saturated carbocycles. The highest BCUT2D eigenvalue weighted by Crippen LogP contribution is 2.21. The average Bonchev–Trinajstić information content (AvgIpc) is 2.83. The van der Waals surface area contributed by atoms with Gasteiger partial charge in [0.1, 0.15) is 11.5 Å². The number of aromatic nitrogens is 2. The van der Waals surface area contributed by atoms with Crippen molar-refractivity contribution >= 4 is 10.0 Å². The van der Waals surface area contributed by atoms with Gasteiger partial charge in [-0.3, -0.25) is 0 Å². The molecule has 1 N–H and O–H groups in total. The molecule has 0 unspecified atom stereocenters. The molecule has 2 aromatic rings. The molecule has 0 atom stereocenters. The number of nitrogens with zero attached hydrogens (tertiary/aromatic N) is 3. The van der Waals surface area contributed by atoms with Gasteiger partial charge in [-0.1, -0.05) is 0 Å². The van der Waals surface area contributed by atoms with Gasteiger partial charge in [-0.15, -0.1) is 0 Å². The van der Waals surface area contributed by atoms with E-state index in [1.165, 1.54) is 37.7 Å². The van der Waals surface area contributed by atoms with E-state index in [2.05, 4.69) is 5.10 Å². The summed E-state index contributed by atoms with van der Waals surface area (Å²) in [4.78, 5) is -0.172. The minimum Gasteiger partial charge on any atom is -0.389 e. The quantitative estimate of drug-likeness (QED) is 0.898. The number of halogens is 1. The Labute approximate surface area is 135 Å². The molecule has 23 heavy (non-hydrogen) atoms. The van der Waals surface area contributed by atoms with Crippen molar-refractivity contribution < 1.29 is 17.9 Å². The zero-order valence-electron chi connectivity index (χ0n) is 13.5. The number of hydrogen-bond acceptors (Lipinski definition) is 4. The van der Waals surface area contributed by atoms with E-state index in [1.54, 1.807) is 12.4 Å². The van der Waals surface area contributed by atoms with Gasteiger partial charge < -0.3 is 5.11 Å². The molecule has 1 heterocycles. The Balaban J connectivity index is 2.36. The molecule has 0 bridgehead atoms. The third-order valence-corrected chi connectivity index (χ3v) is 4.99. The van der Waals surface area contributed by atoms with E-state index in [4.69, 9.17) is 0 Å². The molecule has 6 nitrogen and oxygen atoms in total. The summed E-state index contributed by atoms with van der Waals surface area (Å²) >= 11 is 0. The lowest BCUT2D eigenvalue weighted by molar-refractivity contribution is 0.0640. The van der Waals surface area contributed by atoms with Crippen LogP contribution in [0.1, 0.15) is 19.4 Å². The average molecular weight is 341 g/mol. The van der Waals surface area contributed by atoms with Crippen LogP contribution in [0.3, 0.4) is 0 Å². The van der Waals surface area contributed by atoms with E-state index in [9.17, 15) is 17.9 Å². The highest BCUT2D eigenvalue weighted by atomic mass is 32.2. The van der Waals surface area contributed by atoms with Crippen molar-refractivity contribution in [2.24, 2.45) is 0 Å². The van der Waals surface area contributed by atoms with Crippen LogP contribution in [0.15, 0.2) is 35.5 Å². The highest BCUT2D eigenvalue weighted by Gasteiger charge is 2.27. The molecule has 1 aromatic carbocycles. The van der Waals surface area contributed by atoms with Crippen molar-refractivity contribution in [3.63, 3.8) is 0 Å². The van der Waals surface area contributed by atoms with Crippen molar-refractivity contribution in [2.75, 3.05) is 13.6 Å². The summed E-state index contributed by atoms with van der Waals surface area (Å²) in [6.45, 7) is 4.73. The van der Waals surface area contributed by atoms with Gasteiger partial charge in [-0.05, 0) is 44.5 Å². The van der Waals surface area contributed by atoms with E-state index in [0.29, 0.717) is 0 Å². The largest absolute Gasteiger partial charge is 0.389 e. The third-order valence-electron chi connectivity index (χ3n) is 3.20. The van der Waals surface area contributed by atoms with Crippen LogP contribution >= 0.6 is 0 Å². The number of benzene rings is 1. The maximum atomic E-state index is 14.3. The van der Waals surface area contributed by atoms with Gasteiger partial charge >= 0.3 is 0 Å². The monoisotopic (exact) mass is 341 g/mol. The summed E-state index contributed by atoms with van der Waals surface area (Å²) in [5.74, 6) is -0.689. The van der Waals surface area contributed by atoms with Gasteiger partial charge in [0.05, 0.1) is 16.7 Å². The molecule has 0 aliphatic rings. The first-order valence-electron chi connectivity index (χ1n) is 7.01. The summed E-state index contributed by atoms with van der Waals surface area (Å²) < 4.78 is 41.5. The van der Waals surface area contributed by atoms with Gasteiger partial charge in [-0.25, -0.2) is 17.5 Å². The lowest BCUT2D eigenvalue weighted by Crippen LogP contribution is -2.39. The summed E-state index contributed by atoms with van der Waals surface area (Å²) in [5.41, 5.74) is -0.152. The lowest BCUT2D eigenvalue weighted by atomic mass is 10.1. The fourth-order valence-electron chi connectivity index (χ4n) is 2.19. The highest BCUT2D eigenvalue weighted by molar-refractivity contribution is 7.89. The first-order chi connectivity index (χ1) is 10.5. The van der Waals surface area contributed by atoms with Crippen LogP contribution in [0.4, 0.5) is 4.39 Å². The van der Waals surface area contributed by atoms with Gasteiger partial charge in [0.25, 0.3) is 0 Å². The zero-order chi connectivity index (χ0) is 17.4. The fourth-order valence-corrected chi connectivity index (χ4v) is 3.53. The third kappa shape index (κ3) is 3.95. The van der Waals surface area contributed by atoms with Crippen LogP contribution in [0, 0.1) is 12.7 Å². The van der Waals surface area contributed by atoms with Crippen molar-refractivity contribution in [3.8, 4) is 5.69 Å². The van der Waals surface area contributed by atoms with Crippen LogP contribution in [-0.2, 0) is 10.0 Å². The second-order valence-electron chi connectivity index (χ2n) is 6.15.